The molecule has 0 aliphatic heterocycles. The smallest absolute Gasteiger partial charge is 0.220 e. The lowest BCUT2D eigenvalue weighted by Gasteiger charge is -2.27. The van der Waals surface area contributed by atoms with Crippen molar-refractivity contribution in [2.75, 3.05) is 0 Å². The van der Waals surface area contributed by atoms with Crippen molar-refractivity contribution in [1.82, 2.24) is 5.32 Å². The Bertz CT molecular complexity index is 179. The minimum absolute atomic E-state index is 0.256. The van der Waals surface area contributed by atoms with E-state index in [0.717, 1.165) is 18.8 Å². The first-order chi connectivity index (χ1) is 6.72. The van der Waals surface area contributed by atoms with Crippen LogP contribution in [0.2, 0.25) is 0 Å². The van der Waals surface area contributed by atoms with Gasteiger partial charge in [-0.1, -0.05) is 33.1 Å². The van der Waals surface area contributed by atoms with E-state index in [0.29, 0.717) is 12.5 Å². The fourth-order valence-corrected chi connectivity index (χ4v) is 2.20. The van der Waals surface area contributed by atoms with E-state index < -0.39 is 0 Å². The summed E-state index contributed by atoms with van der Waals surface area (Å²) in [6, 6.07) is 0.461. The topological polar surface area (TPSA) is 29.1 Å². The van der Waals surface area contributed by atoms with Gasteiger partial charge in [0.15, 0.2) is 0 Å². The predicted octanol–water partition coefficient (Wildman–Crippen LogP) is 2.87. The first kappa shape index (κ1) is 11.5. The number of hydrogen-bond donors (Lipinski definition) is 1. The van der Waals surface area contributed by atoms with E-state index in [1.807, 2.05) is 0 Å². The highest BCUT2D eigenvalue weighted by Gasteiger charge is 2.19. The van der Waals surface area contributed by atoms with Crippen LogP contribution >= 0.6 is 0 Å². The molecule has 1 amide bonds. The molecule has 1 N–H and O–H groups in total. The third-order valence-electron chi connectivity index (χ3n) is 3.06. The number of hydrogen-bond acceptors (Lipinski definition) is 1. The summed E-state index contributed by atoms with van der Waals surface area (Å²) in [6.45, 7) is 4.40. The van der Waals surface area contributed by atoms with Gasteiger partial charge in [0.25, 0.3) is 0 Å². The maximum absolute atomic E-state index is 11.5. The number of rotatable bonds is 4. The van der Waals surface area contributed by atoms with E-state index in [2.05, 4.69) is 19.2 Å². The molecule has 1 saturated carbocycles. The highest BCUT2D eigenvalue weighted by molar-refractivity contribution is 5.76. The van der Waals surface area contributed by atoms with Crippen LogP contribution in [0.25, 0.3) is 0 Å². The zero-order chi connectivity index (χ0) is 10.4. The Morgan fingerprint density at radius 2 is 2.21 bits per heavy atom. The van der Waals surface area contributed by atoms with Crippen molar-refractivity contribution in [3.8, 4) is 0 Å². The Balaban J connectivity index is 2.18. The van der Waals surface area contributed by atoms with Crippen LogP contribution in [0.15, 0.2) is 0 Å². The van der Waals surface area contributed by atoms with E-state index in [-0.39, 0.29) is 5.91 Å². The van der Waals surface area contributed by atoms with E-state index in [1.54, 1.807) is 0 Å². The molecule has 1 aliphatic rings. The van der Waals surface area contributed by atoms with Gasteiger partial charge < -0.3 is 5.32 Å². The fraction of sp³-hybridized carbons (Fsp3) is 0.917. The monoisotopic (exact) mass is 197 g/mol. The van der Waals surface area contributed by atoms with Crippen molar-refractivity contribution in [2.24, 2.45) is 5.92 Å². The summed E-state index contributed by atoms with van der Waals surface area (Å²) in [5.41, 5.74) is 0. The molecular formula is C12H23NO. The molecule has 0 spiro atoms. The zero-order valence-corrected chi connectivity index (χ0v) is 9.51. The lowest BCUT2D eigenvalue weighted by Crippen LogP contribution is -2.37. The fourth-order valence-electron chi connectivity index (χ4n) is 2.20. The molecule has 2 nitrogen and oxygen atoms in total. The Morgan fingerprint density at radius 1 is 1.43 bits per heavy atom. The van der Waals surface area contributed by atoms with Crippen LogP contribution in [0.5, 0.6) is 0 Å². The second-order valence-electron chi connectivity index (χ2n) is 4.64. The summed E-state index contributed by atoms with van der Waals surface area (Å²) < 4.78 is 0. The molecule has 2 heteroatoms. The van der Waals surface area contributed by atoms with Gasteiger partial charge in [-0.3, -0.25) is 4.79 Å². The molecule has 82 valence electrons. The van der Waals surface area contributed by atoms with Crippen LogP contribution < -0.4 is 5.32 Å². The minimum Gasteiger partial charge on any atom is -0.353 e. The Morgan fingerprint density at radius 3 is 2.86 bits per heavy atom. The molecule has 0 aromatic rings. The highest BCUT2D eigenvalue weighted by atomic mass is 16.1. The quantitative estimate of drug-likeness (QED) is 0.737. The number of nitrogens with one attached hydrogen (secondary N) is 1. The minimum atomic E-state index is 0.256. The first-order valence-corrected chi connectivity index (χ1v) is 6.01. The molecule has 0 aromatic carbocycles. The van der Waals surface area contributed by atoms with Gasteiger partial charge in [-0.25, -0.2) is 0 Å². The van der Waals surface area contributed by atoms with Crippen molar-refractivity contribution in [3.63, 3.8) is 0 Å². The standard InChI is InChI=1S/C12H23NO/c1-3-4-8-12(14)13-11-7-5-6-10(2)9-11/h10-11H,3-9H2,1-2H3,(H,13,14). The van der Waals surface area contributed by atoms with Gasteiger partial charge in [-0.05, 0) is 25.2 Å². The normalized spacial score (nSPS) is 27.3. The summed E-state index contributed by atoms with van der Waals surface area (Å²) in [5, 5.41) is 3.15. The van der Waals surface area contributed by atoms with E-state index >= 15 is 0 Å². The van der Waals surface area contributed by atoms with Crippen molar-refractivity contribution in [2.45, 2.75) is 64.8 Å². The highest BCUT2D eigenvalue weighted by Crippen LogP contribution is 2.23. The average molecular weight is 197 g/mol. The molecule has 1 fully saturated rings. The van der Waals surface area contributed by atoms with Gasteiger partial charge in [0.2, 0.25) is 5.91 Å². The third-order valence-corrected chi connectivity index (χ3v) is 3.06. The number of amides is 1. The molecule has 14 heavy (non-hydrogen) atoms. The largest absolute Gasteiger partial charge is 0.353 e. The number of unbranched alkanes of at least 4 members (excludes halogenated alkanes) is 1. The van der Waals surface area contributed by atoms with Crippen LogP contribution in [-0.4, -0.2) is 11.9 Å². The van der Waals surface area contributed by atoms with Gasteiger partial charge in [-0.2, -0.15) is 0 Å². The molecule has 0 saturated heterocycles. The second kappa shape index (κ2) is 6.05. The van der Waals surface area contributed by atoms with E-state index in [9.17, 15) is 4.79 Å². The van der Waals surface area contributed by atoms with Crippen LogP contribution in [0.4, 0.5) is 0 Å². The third kappa shape index (κ3) is 4.12. The lowest BCUT2D eigenvalue weighted by atomic mass is 9.87. The van der Waals surface area contributed by atoms with Crippen LogP contribution in [-0.2, 0) is 4.79 Å². The molecule has 0 heterocycles. The lowest BCUT2D eigenvalue weighted by molar-refractivity contribution is -0.122. The summed E-state index contributed by atoms with van der Waals surface area (Å²) in [7, 11) is 0. The average Bonchev–Trinajstić information content (AvgIpc) is 2.15. The molecule has 1 aliphatic carbocycles. The van der Waals surface area contributed by atoms with Crippen molar-refractivity contribution in [3.05, 3.63) is 0 Å². The number of carbonyl (C=O) groups excluding carboxylic acids is 1. The zero-order valence-electron chi connectivity index (χ0n) is 9.51. The summed E-state index contributed by atoms with van der Waals surface area (Å²) in [4.78, 5) is 11.5. The Hall–Kier alpha value is -0.530. The molecule has 0 radical (unpaired) electrons. The predicted molar refractivity (Wildman–Crippen MR) is 59.1 cm³/mol. The van der Waals surface area contributed by atoms with Gasteiger partial charge >= 0.3 is 0 Å². The van der Waals surface area contributed by atoms with Gasteiger partial charge in [0.05, 0.1) is 0 Å². The molecule has 1 rings (SSSR count). The van der Waals surface area contributed by atoms with Crippen LogP contribution in [0, 0.1) is 5.92 Å². The van der Waals surface area contributed by atoms with E-state index in [4.69, 9.17) is 0 Å². The summed E-state index contributed by atoms with van der Waals surface area (Å²) >= 11 is 0. The molecule has 0 bridgehead atoms. The second-order valence-corrected chi connectivity index (χ2v) is 4.64. The Kier molecular flexibility index (Phi) is 4.99. The van der Waals surface area contributed by atoms with Gasteiger partial charge in [0, 0.05) is 12.5 Å². The van der Waals surface area contributed by atoms with Crippen molar-refractivity contribution < 1.29 is 4.79 Å². The molecule has 0 aromatic heterocycles. The number of carbonyl (C=O) groups is 1. The maximum atomic E-state index is 11.5. The van der Waals surface area contributed by atoms with E-state index in [1.165, 1.54) is 25.7 Å². The van der Waals surface area contributed by atoms with Crippen molar-refractivity contribution in [1.29, 1.82) is 0 Å². The maximum Gasteiger partial charge on any atom is 0.220 e. The molecule has 2 atom stereocenters. The van der Waals surface area contributed by atoms with Crippen LogP contribution in [0.3, 0.4) is 0 Å². The van der Waals surface area contributed by atoms with Crippen LogP contribution in [0.1, 0.15) is 58.8 Å². The molecular weight excluding hydrogens is 174 g/mol. The van der Waals surface area contributed by atoms with Crippen molar-refractivity contribution >= 4 is 5.91 Å². The molecule has 2 unspecified atom stereocenters. The Labute approximate surface area is 87.5 Å². The SMILES string of the molecule is CCCCC(=O)NC1CCCC(C)C1. The first-order valence-electron chi connectivity index (χ1n) is 6.01. The van der Waals surface area contributed by atoms with Gasteiger partial charge in [0.1, 0.15) is 0 Å². The van der Waals surface area contributed by atoms with Gasteiger partial charge in [-0.15, -0.1) is 0 Å². The summed E-state index contributed by atoms with van der Waals surface area (Å²) in [6.07, 6.45) is 7.81. The summed E-state index contributed by atoms with van der Waals surface area (Å²) in [5.74, 6) is 1.05.